The third kappa shape index (κ3) is 4.37. The number of phenols is 1. The van der Waals surface area contributed by atoms with Crippen molar-refractivity contribution in [3.05, 3.63) is 82.9 Å². The minimum Gasteiger partial charge on any atom is -0.507 e. The molecule has 3 heterocycles. The fourth-order valence-corrected chi connectivity index (χ4v) is 5.06. The van der Waals surface area contributed by atoms with E-state index >= 15 is 0 Å². The number of aromatic hydroxyl groups is 1. The van der Waals surface area contributed by atoms with Crippen molar-refractivity contribution in [2.75, 3.05) is 19.7 Å². The molecule has 184 valence electrons. The minimum atomic E-state index is -0.366. The number of carbonyl (C=O) groups is 2. The van der Waals surface area contributed by atoms with Gasteiger partial charge in [0.1, 0.15) is 23.0 Å². The molecule has 3 aliphatic heterocycles. The quantitative estimate of drug-likeness (QED) is 0.528. The van der Waals surface area contributed by atoms with E-state index in [-0.39, 0.29) is 35.1 Å². The normalized spacial score (nSPS) is 19.4. The Labute approximate surface area is 209 Å². The second-order valence-corrected chi connectivity index (χ2v) is 9.63. The van der Waals surface area contributed by atoms with Crippen molar-refractivity contribution in [3.8, 4) is 23.0 Å². The van der Waals surface area contributed by atoms with Crippen LogP contribution in [0, 0.1) is 5.92 Å². The van der Waals surface area contributed by atoms with Crippen molar-refractivity contribution in [2.24, 2.45) is 5.92 Å². The Hall–Kier alpha value is -4.00. The highest BCUT2D eigenvalue weighted by atomic mass is 16.5. The summed E-state index contributed by atoms with van der Waals surface area (Å²) in [6.07, 6.45) is 3.28. The molecule has 0 aromatic heterocycles. The fraction of sp³-hybridized carbons (Fsp3) is 0.310. The van der Waals surface area contributed by atoms with Gasteiger partial charge in [-0.25, -0.2) is 0 Å². The largest absolute Gasteiger partial charge is 0.507 e. The molecule has 8 bridgehead atoms. The molecule has 1 unspecified atom stereocenters. The van der Waals surface area contributed by atoms with E-state index in [9.17, 15) is 14.7 Å². The number of fused-ring (bicyclic) bond motifs is 6. The number of benzene rings is 3. The van der Waals surface area contributed by atoms with Crippen LogP contribution in [0.2, 0.25) is 0 Å². The van der Waals surface area contributed by atoms with Gasteiger partial charge in [0.2, 0.25) is 5.91 Å². The van der Waals surface area contributed by atoms with Crippen molar-refractivity contribution in [1.82, 2.24) is 10.2 Å². The van der Waals surface area contributed by atoms with Crippen molar-refractivity contribution < 1.29 is 24.2 Å². The maximum atomic E-state index is 13.3. The van der Waals surface area contributed by atoms with Crippen LogP contribution < -0.4 is 14.8 Å². The standard InChI is InChI=1S/C29H28N2O5/c32-26-10-8-23-17-25(26)28(33)30-12-2-14-35-21-4-1-3-20(16-21)27-24-9-7-22(36-23)15-19(24)11-13-31(27)29(34)18-5-6-18/h1,3-4,7-10,15-18,27,32H,2,5-6,11-14H2,(H,30,33). The van der Waals surface area contributed by atoms with Crippen LogP contribution in [-0.4, -0.2) is 41.5 Å². The van der Waals surface area contributed by atoms with Gasteiger partial charge in [0.15, 0.2) is 0 Å². The van der Waals surface area contributed by atoms with E-state index in [1.54, 1.807) is 12.1 Å². The number of nitrogens with zero attached hydrogens (tertiary/aromatic N) is 1. The Balaban J connectivity index is 1.42. The summed E-state index contributed by atoms with van der Waals surface area (Å²) >= 11 is 0. The summed E-state index contributed by atoms with van der Waals surface area (Å²) in [5.41, 5.74) is 3.40. The third-order valence-corrected chi connectivity index (χ3v) is 7.05. The summed E-state index contributed by atoms with van der Waals surface area (Å²) in [6, 6.07) is 18.4. The summed E-state index contributed by atoms with van der Waals surface area (Å²) in [7, 11) is 0. The maximum absolute atomic E-state index is 13.3. The highest BCUT2D eigenvalue weighted by Crippen LogP contribution is 2.42. The third-order valence-electron chi connectivity index (χ3n) is 7.05. The summed E-state index contributed by atoms with van der Waals surface area (Å²) in [4.78, 5) is 27.9. The van der Waals surface area contributed by atoms with Crippen LogP contribution in [0.3, 0.4) is 0 Å². The lowest BCUT2D eigenvalue weighted by Crippen LogP contribution is -2.41. The van der Waals surface area contributed by atoms with E-state index in [1.807, 2.05) is 41.3 Å². The first-order chi connectivity index (χ1) is 17.6. The second-order valence-electron chi connectivity index (χ2n) is 9.63. The van der Waals surface area contributed by atoms with Gasteiger partial charge in [0.05, 0.1) is 18.2 Å². The lowest BCUT2D eigenvalue weighted by atomic mass is 9.87. The van der Waals surface area contributed by atoms with Crippen molar-refractivity contribution >= 4 is 11.8 Å². The number of nitrogens with one attached hydrogen (secondary N) is 1. The summed E-state index contributed by atoms with van der Waals surface area (Å²) in [5, 5.41) is 13.1. The van der Waals surface area contributed by atoms with E-state index in [1.165, 1.54) is 6.07 Å². The Bertz CT molecular complexity index is 1330. The van der Waals surface area contributed by atoms with E-state index < -0.39 is 0 Å². The molecular formula is C29H28N2O5. The fourth-order valence-electron chi connectivity index (χ4n) is 5.06. The summed E-state index contributed by atoms with van der Waals surface area (Å²) < 4.78 is 12.1. The lowest BCUT2D eigenvalue weighted by molar-refractivity contribution is -0.134. The maximum Gasteiger partial charge on any atom is 0.255 e. The van der Waals surface area contributed by atoms with Crippen LogP contribution in [0.4, 0.5) is 0 Å². The van der Waals surface area contributed by atoms with Gasteiger partial charge in [0, 0.05) is 19.0 Å². The molecule has 4 aliphatic rings. The van der Waals surface area contributed by atoms with Gasteiger partial charge in [-0.15, -0.1) is 0 Å². The molecule has 7 rings (SSSR count). The Morgan fingerprint density at radius 2 is 1.83 bits per heavy atom. The van der Waals surface area contributed by atoms with Crippen LogP contribution in [0.1, 0.15) is 52.4 Å². The van der Waals surface area contributed by atoms with Crippen LogP contribution >= 0.6 is 0 Å². The predicted molar refractivity (Wildman–Crippen MR) is 133 cm³/mol. The number of hydrogen-bond donors (Lipinski definition) is 2. The first-order valence-electron chi connectivity index (χ1n) is 12.5. The highest BCUT2D eigenvalue weighted by molar-refractivity contribution is 5.97. The number of carbonyl (C=O) groups excluding carboxylic acids is 2. The van der Waals surface area contributed by atoms with Gasteiger partial charge in [-0.2, -0.15) is 0 Å². The molecule has 1 fully saturated rings. The zero-order valence-electron chi connectivity index (χ0n) is 19.9. The molecule has 1 aliphatic carbocycles. The van der Waals surface area contributed by atoms with Crippen LogP contribution in [0.5, 0.6) is 23.0 Å². The molecule has 1 atom stereocenters. The minimum absolute atomic E-state index is 0.101. The van der Waals surface area contributed by atoms with Gasteiger partial charge < -0.3 is 24.8 Å². The number of hydrogen-bond acceptors (Lipinski definition) is 5. The van der Waals surface area contributed by atoms with Crippen LogP contribution in [0.15, 0.2) is 60.7 Å². The first kappa shape index (κ1) is 22.5. The van der Waals surface area contributed by atoms with Crippen LogP contribution in [0.25, 0.3) is 0 Å². The topological polar surface area (TPSA) is 88.1 Å². The smallest absolute Gasteiger partial charge is 0.255 e. The molecule has 2 amide bonds. The van der Waals surface area contributed by atoms with Crippen molar-refractivity contribution in [1.29, 1.82) is 0 Å². The van der Waals surface area contributed by atoms with E-state index in [0.29, 0.717) is 37.6 Å². The monoisotopic (exact) mass is 484 g/mol. The van der Waals surface area contributed by atoms with E-state index in [2.05, 4.69) is 11.4 Å². The molecular weight excluding hydrogens is 456 g/mol. The van der Waals surface area contributed by atoms with Crippen molar-refractivity contribution in [3.63, 3.8) is 0 Å². The van der Waals surface area contributed by atoms with E-state index in [0.717, 1.165) is 41.7 Å². The zero-order valence-corrected chi connectivity index (χ0v) is 19.9. The summed E-state index contributed by atoms with van der Waals surface area (Å²) in [5.74, 6) is 1.74. The molecule has 2 N–H and O–H groups in total. The number of phenolic OH excluding ortho intramolecular Hbond substituents is 1. The highest BCUT2D eigenvalue weighted by Gasteiger charge is 2.39. The van der Waals surface area contributed by atoms with E-state index in [4.69, 9.17) is 9.47 Å². The van der Waals surface area contributed by atoms with Gasteiger partial charge in [-0.3, -0.25) is 9.59 Å². The SMILES string of the molecule is O=C1NCCCOc2cccc(c2)C2c3ccc(cc3CCN2C(=O)C2CC2)Oc2ccc(O)c1c2. The Morgan fingerprint density at radius 3 is 2.69 bits per heavy atom. The molecule has 1 saturated carbocycles. The second kappa shape index (κ2) is 9.22. The lowest BCUT2D eigenvalue weighted by Gasteiger charge is -2.38. The first-order valence-corrected chi connectivity index (χ1v) is 12.5. The molecule has 0 radical (unpaired) electrons. The van der Waals surface area contributed by atoms with Gasteiger partial charge in [0.25, 0.3) is 5.91 Å². The van der Waals surface area contributed by atoms with Gasteiger partial charge in [-0.1, -0.05) is 18.2 Å². The average Bonchev–Trinajstić information content (AvgIpc) is 3.74. The van der Waals surface area contributed by atoms with Crippen molar-refractivity contribution in [2.45, 2.75) is 31.7 Å². The zero-order chi connectivity index (χ0) is 24.6. The van der Waals surface area contributed by atoms with Gasteiger partial charge >= 0.3 is 0 Å². The Morgan fingerprint density at radius 1 is 1.00 bits per heavy atom. The van der Waals surface area contributed by atoms with Gasteiger partial charge in [-0.05, 0) is 84.8 Å². The molecule has 7 heteroatoms. The molecule has 7 nitrogen and oxygen atoms in total. The number of ether oxygens (including phenoxy) is 2. The number of rotatable bonds is 1. The molecule has 36 heavy (non-hydrogen) atoms. The molecule has 0 spiro atoms. The summed E-state index contributed by atoms with van der Waals surface area (Å²) in [6.45, 7) is 1.47. The average molecular weight is 485 g/mol. The molecule has 0 saturated heterocycles. The number of amides is 2. The predicted octanol–water partition coefficient (Wildman–Crippen LogP) is 4.58. The van der Waals surface area contributed by atoms with Crippen LogP contribution in [-0.2, 0) is 11.2 Å². The molecule has 3 aromatic rings. The Kier molecular flexibility index (Phi) is 5.76. The molecule has 3 aromatic carbocycles.